The summed E-state index contributed by atoms with van der Waals surface area (Å²) in [5, 5.41) is 24.0. The molecule has 4 aromatic heterocycles. The summed E-state index contributed by atoms with van der Waals surface area (Å²) in [6.45, 7) is 3.45. The molecule has 12 heteroatoms. The number of nitriles is 1. The predicted octanol–water partition coefficient (Wildman–Crippen LogP) is 3.54. The number of H-pyrrole nitrogens is 1. The Morgan fingerprint density at radius 2 is 2.17 bits per heavy atom. The van der Waals surface area contributed by atoms with Crippen molar-refractivity contribution in [2.75, 3.05) is 37.1 Å². The number of nitrogens with one attached hydrogen (secondary N) is 2. The van der Waals surface area contributed by atoms with Gasteiger partial charge in [0.2, 0.25) is 11.8 Å². The number of methoxy groups -OCH3 is 1. The minimum Gasteiger partial charge on any atom is -0.475 e. The van der Waals surface area contributed by atoms with Crippen molar-refractivity contribution in [3.05, 3.63) is 53.7 Å². The molecule has 5 heterocycles. The van der Waals surface area contributed by atoms with E-state index in [1.807, 2.05) is 19.1 Å². The van der Waals surface area contributed by atoms with Crippen molar-refractivity contribution in [1.82, 2.24) is 30.3 Å². The molecule has 184 valence electrons. The Bertz CT molecular complexity index is 1380. The molecule has 12 nitrogen and oxygen atoms in total. The van der Waals surface area contributed by atoms with Crippen LogP contribution in [0, 0.1) is 18.3 Å². The second-order valence-corrected chi connectivity index (χ2v) is 8.29. The molecule has 0 amide bonds. The number of rotatable bonds is 9. The molecule has 0 aliphatic carbocycles. The summed E-state index contributed by atoms with van der Waals surface area (Å²) in [5.41, 5.74) is 2.61. The van der Waals surface area contributed by atoms with Crippen molar-refractivity contribution >= 4 is 17.6 Å². The lowest BCUT2D eigenvalue weighted by Gasteiger charge is -2.23. The van der Waals surface area contributed by atoms with Crippen LogP contribution in [0.15, 0.2) is 41.2 Å². The number of aromatic nitrogens is 6. The molecule has 4 aromatic rings. The molecule has 1 atom stereocenters. The number of pyridine rings is 1. The summed E-state index contributed by atoms with van der Waals surface area (Å²) >= 11 is 0. The van der Waals surface area contributed by atoms with E-state index in [1.54, 1.807) is 31.6 Å². The fourth-order valence-corrected chi connectivity index (χ4v) is 4.09. The van der Waals surface area contributed by atoms with E-state index >= 15 is 0 Å². The second kappa shape index (κ2) is 10.4. The average Bonchev–Trinajstić information content (AvgIpc) is 3.65. The lowest BCUT2D eigenvalue weighted by molar-refractivity contribution is 0.143. The molecule has 0 saturated carbocycles. The van der Waals surface area contributed by atoms with Gasteiger partial charge in [-0.2, -0.15) is 20.3 Å². The van der Waals surface area contributed by atoms with Gasteiger partial charge in [-0.05, 0) is 25.8 Å². The average molecular weight is 488 g/mol. The normalized spacial score (nSPS) is 15.1. The van der Waals surface area contributed by atoms with Crippen LogP contribution in [0.4, 0.5) is 17.6 Å². The number of hydrogen-bond acceptors (Lipinski definition) is 11. The van der Waals surface area contributed by atoms with Gasteiger partial charge in [0.25, 0.3) is 0 Å². The maximum atomic E-state index is 9.43. The van der Waals surface area contributed by atoms with E-state index in [-0.39, 0.29) is 6.04 Å². The number of aromatic amines is 1. The number of aryl methyl sites for hydroxylation is 1. The first-order chi connectivity index (χ1) is 17.6. The van der Waals surface area contributed by atoms with Gasteiger partial charge in [0.1, 0.15) is 18.1 Å². The van der Waals surface area contributed by atoms with Gasteiger partial charge in [-0.3, -0.25) is 10.1 Å². The zero-order valence-corrected chi connectivity index (χ0v) is 19.9. The van der Waals surface area contributed by atoms with Crippen molar-refractivity contribution in [2.45, 2.75) is 25.8 Å². The highest BCUT2D eigenvalue weighted by Crippen LogP contribution is 2.37. The van der Waals surface area contributed by atoms with Gasteiger partial charge in [0, 0.05) is 55.5 Å². The molecule has 0 bridgehead atoms. The number of anilines is 3. The SMILES string of the molecule is COCCOc1cc(Nc2cc(C)[nH]n2)nc(N2CCCC2c2cc(-c3cnccc3C#N)no2)n1. The second-order valence-electron chi connectivity index (χ2n) is 8.29. The van der Waals surface area contributed by atoms with Crippen LogP contribution in [0.2, 0.25) is 0 Å². The summed E-state index contributed by atoms with van der Waals surface area (Å²) in [5.74, 6) is 2.78. The van der Waals surface area contributed by atoms with Crippen LogP contribution < -0.4 is 15.0 Å². The number of nitrogens with zero attached hydrogens (tertiary/aromatic N) is 7. The molecule has 1 aliphatic rings. The van der Waals surface area contributed by atoms with Crippen LogP contribution >= 0.6 is 0 Å². The van der Waals surface area contributed by atoms with Gasteiger partial charge in [-0.25, -0.2) is 0 Å². The molecule has 0 radical (unpaired) electrons. The van der Waals surface area contributed by atoms with E-state index in [2.05, 4.69) is 41.6 Å². The first-order valence-electron chi connectivity index (χ1n) is 11.5. The summed E-state index contributed by atoms with van der Waals surface area (Å²) in [4.78, 5) is 15.6. The molecule has 0 aromatic carbocycles. The monoisotopic (exact) mass is 487 g/mol. The Morgan fingerprint density at radius 3 is 2.97 bits per heavy atom. The molecule has 36 heavy (non-hydrogen) atoms. The lowest BCUT2D eigenvalue weighted by atomic mass is 10.1. The van der Waals surface area contributed by atoms with E-state index in [9.17, 15) is 5.26 Å². The highest BCUT2D eigenvalue weighted by Gasteiger charge is 2.32. The topological polar surface area (TPSA) is 151 Å². The zero-order valence-electron chi connectivity index (χ0n) is 19.9. The fraction of sp³-hybridized carbons (Fsp3) is 0.333. The number of ether oxygens (including phenoxy) is 2. The molecule has 5 rings (SSSR count). The van der Waals surface area contributed by atoms with Crippen LogP contribution in [-0.4, -0.2) is 57.2 Å². The Hall–Kier alpha value is -4.50. The maximum Gasteiger partial charge on any atom is 0.231 e. The lowest BCUT2D eigenvalue weighted by Crippen LogP contribution is -2.25. The van der Waals surface area contributed by atoms with Crippen molar-refractivity contribution in [1.29, 1.82) is 5.26 Å². The molecule has 0 spiro atoms. The van der Waals surface area contributed by atoms with E-state index in [1.165, 1.54) is 0 Å². The van der Waals surface area contributed by atoms with Gasteiger partial charge < -0.3 is 24.2 Å². The van der Waals surface area contributed by atoms with Crippen molar-refractivity contribution < 1.29 is 14.0 Å². The summed E-state index contributed by atoms with van der Waals surface area (Å²) in [6, 6.07) is 9.17. The first-order valence-corrected chi connectivity index (χ1v) is 11.5. The van der Waals surface area contributed by atoms with Gasteiger partial charge in [0.15, 0.2) is 11.6 Å². The Kier molecular flexibility index (Phi) is 6.72. The third kappa shape index (κ3) is 4.96. The van der Waals surface area contributed by atoms with Crippen molar-refractivity contribution in [3.63, 3.8) is 0 Å². The molecular weight excluding hydrogens is 462 g/mol. The Morgan fingerprint density at radius 1 is 1.25 bits per heavy atom. The van der Waals surface area contributed by atoms with Crippen LogP contribution in [-0.2, 0) is 4.74 Å². The zero-order chi connectivity index (χ0) is 24.9. The van der Waals surface area contributed by atoms with Gasteiger partial charge in [0.05, 0.1) is 24.3 Å². The molecule has 1 saturated heterocycles. The van der Waals surface area contributed by atoms with Gasteiger partial charge in [-0.1, -0.05) is 5.16 Å². The molecule has 1 aliphatic heterocycles. The van der Waals surface area contributed by atoms with E-state index in [0.717, 1.165) is 25.1 Å². The number of hydrogen-bond donors (Lipinski definition) is 2. The van der Waals surface area contributed by atoms with Crippen LogP contribution in [0.25, 0.3) is 11.3 Å². The summed E-state index contributed by atoms with van der Waals surface area (Å²) in [7, 11) is 1.62. The maximum absolute atomic E-state index is 9.43. The Labute approximate surface area is 207 Å². The molecular formula is C24H25N9O3. The largest absolute Gasteiger partial charge is 0.475 e. The van der Waals surface area contributed by atoms with Crippen LogP contribution in [0.3, 0.4) is 0 Å². The minimum atomic E-state index is -0.122. The standard InChI is InChI=1S/C24H25N9O3/c1-15-10-22(31-30-15)27-21-12-23(35-9-8-34-2)29-24(28-21)33-7-3-4-19(33)20-11-18(32-36-20)17-14-26-6-5-16(17)13-25/h5-6,10-12,14,19H,3-4,7-9H2,1-2H3,(H2,27,28,29,30,31). The third-order valence-corrected chi connectivity index (χ3v) is 5.77. The molecule has 1 unspecified atom stereocenters. The quantitative estimate of drug-likeness (QED) is 0.334. The minimum absolute atomic E-state index is 0.122. The fourth-order valence-electron chi connectivity index (χ4n) is 4.09. The Balaban J connectivity index is 1.44. The van der Waals surface area contributed by atoms with Crippen molar-refractivity contribution in [2.24, 2.45) is 0 Å². The van der Waals surface area contributed by atoms with Gasteiger partial charge in [-0.15, -0.1) is 0 Å². The van der Waals surface area contributed by atoms with Crippen LogP contribution in [0.5, 0.6) is 5.88 Å². The van der Waals surface area contributed by atoms with Gasteiger partial charge >= 0.3 is 0 Å². The molecule has 2 N–H and O–H groups in total. The first kappa shape index (κ1) is 23.3. The van der Waals surface area contributed by atoms with Crippen molar-refractivity contribution in [3.8, 4) is 23.2 Å². The predicted molar refractivity (Wildman–Crippen MR) is 130 cm³/mol. The third-order valence-electron chi connectivity index (χ3n) is 5.77. The van der Waals surface area contributed by atoms with Crippen LogP contribution in [0.1, 0.15) is 35.9 Å². The highest BCUT2D eigenvalue weighted by atomic mass is 16.5. The van der Waals surface area contributed by atoms with E-state index in [4.69, 9.17) is 19.0 Å². The summed E-state index contributed by atoms with van der Waals surface area (Å²) in [6.07, 6.45) is 4.96. The molecule has 1 fully saturated rings. The van der Waals surface area contributed by atoms with E-state index in [0.29, 0.717) is 59.3 Å². The summed E-state index contributed by atoms with van der Waals surface area (Å²) < 4.78 is 16.6. The van der Waals surface area contributed by atoms with E-state index < -0.39 is 0 Å². The smallest absolute Gasteiger partial charge is 0.231 e. The highest BCUT2D eigenvalue weighted by molar-refractivity contribution is 5.66.